The summed E-state index contributed by atoms with van der Waals surface area (Å²) in [7, 11) is 0. The van der Waals surface area contributed by atoms with Gasteiger partial charge in [0.15, 0.2) is 0 Å². The molecule has 1 aliphatic heterocycles. The number of hydrogen-bond acceptors (Lipinski definition) is 5. The van der Waals surface area contributed by atoms with Crippen molar-refractivity contribution in [3.63, 3.8) is 0 Å². The molecule has 1 aromatic carbocycles. The minimum Gasteiger partial charge on any atom is -0.385 e. The number of nitrogens with zero attached hydrogens (tertiary/aromatic N) is 3. The Kier molecular flexibility index (Phi) is 8.41. The minimum absolute atomic E-state index is 0.588. The fourth-order valence-electron chi connectivity index (χ4n) is 5.18. The average Bonchev–Trinajstić information content (AvgIpc) is 2.81. The Labute approximate surface area is 194 Å². The van der Waals surface area contributed by atoms with Crippen molar-refractivity contribution in [1.82, 2.24) is 14.8 Å². The Hall–Kier alpha value is -2.11. The van der Waals surface area contributed by atoms with Crippen LogP contribution in [0.2, 0.25) is 0 Å². The van der Waals surface area contributed by atoms with E-state index in [0.717, 1.165) is 43.4 Å². The van der Waals surface area contributed by atoms with Crippen molar-refractivity contribution in [3.05, 3.63) is 53.2 Å². The maximum Gasteiger partial charge on any atom is 0.125 e. The molecule has 1 saturated carbocycles. The third-order valence-corrected chi connectivity index (χ3v) is 7.07. The van der Waals surface area contributed by atoms with Crippen molar-refractivity contribution in [2.75, 3.05) is 43.8 Å². The maximum atomic E-state index is 6.04. The SMILES string of the molecule is CCCCNc1cc(N)nc(Cc2ccc(CN3CCN(C4CCCCC4)CC3)cc2)c1. The molecule has 4 rings (SSSR count). The molecule has 2 aliphatic rings. The molecule has 2 fully saturated rings. The molecule has 0 amide bonds. The molecule has 5 nitrogen and oxygen atoms in total. The third kappa shape index (κ3) is 6.69. The van der Waals surface area contributed by atoms with Gasteiger partial charge in [-0.1, -0.05) is 56.9 Å². The zero-order chi connectivity index (χ0) is 22.2. The zero-order valence-corrected chi connectivity index (χ0v) is 19.9. The predicted molar refractivity (Wildman–Crippen MR) is 135 cm³/mol. The van der Waals surface area contributed by atoms with Crippen molar-refractivity contribution >= 4 is 11.5 Å². The summed E-state index contributed by atoms with van der Waals surface area (Å²) in [5.41, 5.74) is 10.8. The Morgan fingerprint density at radius 1 is 0.969 bits per heavy atom. The van der Waals surface area contributed by atoms with Crippen LogP contribution in [0, 0.1) is 0 Å². The fourth-order valence-corrected chi connectivity index (χ4v) is 5.18. The Morgan fingerprint density at radius 3 is 2.41 bits per heavy atom. The van der Waals surface area contributed by atoms with E-state index in [2.05, 4.69) is 57.4 Å². The number of rotatable bonds is 9. The van der Waals surface area contributed by atoms with Crippen molar-refractivity contribution in [2.45, 2.75) is 70.9 Å². The number of nitrogens with two attached hydrogens (primary N) is 1. The summed E-state index contributed by atoms with van der Waals surface area (Å²) in [6.07, 6.45) is 10.3. The monoisotopic (exact) mass is 435 g/mol. The molecule has 0 unspecified atom stereocenters. The van der Waals surface area contributed by atoms with Gasteiger partial charge in [-0.05, 0) is 36.5 Å². The van der Waals surface area contributed by atoms with Gasteiger partial charge in [0.25, 0.3) is 0 Å². The number of anilines is 2. The van der Waals surface area contributed by atoms with Crippen molar-refractivity contribution in [3.8, 4) is 0 Å². The molecule has 0 radical (unpaired) electrons. The van der Waals surface area contributed by atoms with Crippen molar-refractivity contribution in [2.24, 2.45) is 0 Å². The van der Waals surface area contributed by atoms with Crippen LogP contribution in [0.15, 0.2) is 36.4 Å². The van der Waals surface area contributed by atoms with Crippen molar-refractivity contribution < 1.29 is 0 Å². The van der Waals surface area contributed by atoms with Crippen LogP contribution in [-0.2, 0) is 13.0 Å². The lowest BCUT2D eigenvalue weighted by atomic mass is 9.94. The van der Waals surface area contributed by atoms with Crippen LogP contribution >= 0.6 is 0 Å². The summed E-state index contributed by atoms with van der Waals surface area (Å²) >= 11 is 0. The Balaban J connectivity index is 1.26. The average molecular weight is 436 g/mol. The number of hydrogen-bond donors (Lipinski definition) is 2. The van der Waals surface area contributed by atoms with Gasteiger partial charge in [0.2, 0.25) is 0 Å². The van der Waals surface area contributed by atoms with Gasteiger partial charge in [0.1, 0.15) is 5.82 Å². The van der Waals surface area contributed by atoms with E-state index in [4.69, 9.17) is 5.73 Å². The van der Waals surface area contributed by atoms with Gasteiger partial charge in [-0.15, -0.1) is 0 Å². The summed E-state index contributed by atoms with van der Waals surface area (Å²) in [6, 6.07) is 14.0. The molecule has 3 N–H and O–H groups in total. The van der Waals surface area contributed by atoms with Gasteiger partial charge in [-0.2, -0.15) is 0 Å². The fraction of sp³-hybridized carbons (Fsp3) is 0.593. The number of unbranched alkanes of at least 4 members (excludes halogenated alkanes) is 1. The van der Waals surface area contributed by atoms with E-state index in [0.29, 0.717) is 5.82 Å². The minimum atomic E-state index is 0.588. The zero-order valence-electron chi connectivity index (χ0n) is 19.9. The van der Waals surface area contributed by atoms with Crippen LogP contribution in [0.25, 0.3) is 0 Å². The highest BCUT2D eigenvalue weighted by molar-refractivity contribution is 5.52. The summed E-state index contributed by atoms with van der Waals surface area (Å²) < 4.78 is 0. The van der Waals surface area contributed by atoms with E-state index < -0.39 is 0 Å². The van der Waals surface area contributed by atoms with Crippen LogP contribution < -0.4 is 11.1 Å². The molecule has 1 saturated heterocycles. The molecule has 5 heteroatoms. The standard InChI is InChI=1S/C27H41N5/c1-2-3-13-29-24-19-25(30-27(28)20-24)18-22-9-11-23(12-10-22)21-31-14-16-32(17-15-31)26-7-5-4-6-8-26/h9-12,19-20,26H,2-8,13-18,21H2,1H3,(H3,28,29,30). The number of aromatic nitrogens is 1. The second-order valence-electron chi connectivity index (χ2n) is 9.65. The van der Waals surface area contributed by atoms with Gasteiger partial charge in [0, 0.05) is 69.2 Å². The van der Waals surface area contributed by atoms with Crippen LogP contribution in [0.3, 0.4) is 0 Å². The molecule has 1 aliphatic carbocycles. The lowest BCUT2D eigenvalue weighted by molar-refractivity contribution is 0.0755. The third-order valence-electron chi connectivity index (χ3n) is 7.07. The van der Waals surface area contributed by atoms with Crippen LogP contribution in [0.1, 0.15) is 68.7 Å². The Morgan fingerprint density at radius 2 is 1.69 bits per heavy atom. The highest BCUT2D eigenvalue weighted by Crippen LogP contribution is 2.24. The van der Waals surface area contributed by atoms with Gasteiger partial charge >= 0.3 is 0 Å². The summed E-state index contributed by atoms with van der Waals surface area (Å²) in [5.74, 6) is 0.588. The van der Waals surface area contributed by atoms with Crippen molar-refractivity contribution in [1.29, 1.82) is 0 Å². The second kappa shape index (κ2) is 11.7. The van der Waals surface area contributed by atoms with Gasteiger partial charge < -0.3 is 11.1 Å². The summed E-state index contributed by atoms with van der Waals surface area (Å²) in [4.78, 5) is 9.91. The number of nitrogens with one attached hydrogen (secondary N) is 1. The molecular weight excluding hydrogens is 394 g/mol. The largest absolute Gasteiger partial charge is 0.385 e. The lowest BCUT2D eigenvalue weighted by Crippen LogP contribution is -2.50. The number of pyridine rings is 1. The Bertz CT molecular complexity index is 820. The second-order valence-corrected chi connectivity index (χ2v) is 9.65. The molecule has 174 valence electrons. The van der Waals surface area contributed by atoms with E-state index in [1.165, 1.54) is 75.8 Å². The molecule has 0 bridgehead atoms. The normalized spacial score (nSPS) is 18.7. The molecule has 2 heterocycles. The first-order chi connectivity index (χ1) is 15.7. The van der Waals surface area contributed by atoms with Gasteiger partial charge in [-0.3, -0.25) is 9.80 Å². The van der Waals surface area contributed by atoms with Gasteiger partial charge in [-0.25, -0.2) is 4.98 Å². The number of benzene rings is 1. The molecule has 0 spiro atoms. The molecule has 0 atom stereocenters. The van der Waals surface area contributed by atoms with Crippen LogP contribution in [0.4, 0.5) is 11.5 Å². The summed E-state index contributed by atoms with van der Waals surface area (Å²) in [5, 5.41) is 3.46. The highest BCUT2D eigenvalue weighted by Gasteiger charge is 2.24. The molecule has 1 aromatic heterocycles. The topological polar surface area (TPSA) is 57.4 Å². The lowest BCUT2D eigenvalue weighted by Gasteiger charge is -2.40. The molecular formula is C27H41N5. The number of nitrogen functional groups attached to an aromatic ring is 1. The van der Waals surface area contributed by atoms with E-state index in [1.54, 1.807) is 0 Å². The van der Waals surface area contributed by atoms with Crippen LogP contribution in [0.5, 0.6) is 0 Å². The maximum absolute atomic E-state index is 6.04. The van der Waals surface area contributed by atoms with E-state index in [-0.39, 0.29) is 0 Å². The van der Waals surface area contributed by atoms with E-state index in [1.807, 2.05) is 6.07 Å². The molecule has 32 heavy (non-hydrogen) atoms. The first-order valence-corrected chi connectivity index (χ1v) is 12.7. The van der Waals surface area contributed by atoms with Crippen LogP contribution in [-0.4, -0.2) is 53.5 Å². The van der Waals surface area contributed by atoms with E-state index >= 15 is 0 Å². The van der Waals surface area contributed by atoms with E-state index in [9.17, 15) is 0 Å². The number of piperazine rings is 1. The highest BCUT2D eigenvalue weighted by atomic mass is 15.3. The smallest absolute Gasteiger partial charge is 0.125 e. The van der Waals surface area contributed by atoms with Gasteiger partial charge in [0.05, 0.1) is 0 Å². The first-order valence-electron chi connectivity index (χ1n) is 12.7. The first kappa shape index (κ1) is 23.1. The summed E-state index contributed by atoms with van der Waals surface area (Å²) in [6.45, 7) is 9.09. The predicted octanol–water partition coefficient (Wildman–Crippen LogP) is 4.92. The quantitative estimate of drug-likeness (QED) is 0.548. The molecule has 2 aromatic rings.